The van der Waals surface area contributed by atoms with Crippen LogP contribution in [0.4, 0.5) is 0 Å². The molecule has 1 N–H and O–H groups in total. The Morgan fingerprint density at radius 1 is 1.19 bits per heavy atom. The number of aliphatic hydroxyl groups excluding tert-OH is 1. The molecule has 1 aliphatic heterocycles. The SMILES string of the molecule is C[C@@H]1CN([C@H](C)CO)S(=O)(=O)c2ccc(-c3cncnc3)cc2O[C@H]1CN(C)C(=O)C1CCCCC1. The lowest BCUT2D eigenvalue weighted by Crippen LogP contribution is -2.50. The van der Waals surface area contributed by atoms with Crippen molar-refractivity contribution in [2.75, 3.05) is 26.7 Å². The van der Waals surface area contributed by atoms with Crippen LogP contribution in [-0.4, -0.2) is 77.5 Å². The van der Waals surface area contributed by atoms with Crippen LogP contribution >= 0.6 is 0 Å². The van der Waals surface area contributed by atoms with Crippen LogP contribution in [0.5, 0.6) is 5.75 Å². The number of carbonyl (C=O) groups excluding carboxylic acids is 1. The minimum absolute atomic E-state index is 0.0378. The van der Waals surface area contributed by atoms with E-state index in [1.54, 1.807) is 43.4 Å². The number of fused-ring (bicyclic) bond motifs is 1. The Kier molecular flexibility index (Phi) is 8.27. The zero-order chi connectivity index (χ0) is 25.9. The summed E-state index contributed by atoms with van der Waals surface area (Å²) in [7, 11) is -2.13. The van der Waals surface area contributed by atoms with E-state index < -0.39 is 22.2 Å². The van der Waals surface area contributed by atoms with Gasteiger partial charge in [-0.1, -0.05) is 32.3 Å². The van der Waals surface area contributed by atoms with Crippen LogP contribution in [0.3, 0.4) is 0 Å². The molecule has 0 saturated heterocycles. The van der Waals surface area contributed by atoms with Crippen LogP contribution in [0.15, 0.2) is 41.8 Å². The summed E-state index contributed by atoms with van der Waals surface area (Å²) in [6, 6.07) is 4.34. The highest BCUT2D eigenvalue weighted by Gasteiger charge is 2.39. The first-order chi connectivity index (χ1) is 17.2. The number of rotatable bonds is 6. The second kappa shape index (κ2) is 11.2. The van der Waals surface area contributed by atoms with Crippen LogP contribution in [0.25, 0.3) is 11.1 Å². The maximum Gasteiger partial charge on any atom is 0.247 e. The lowest BCUT2D eigenvalue weighted by molar-refractivity contribution is -0.136. The molecule has 196 valence electrons. The lowest BCUT2D eigenvalue weighted by atomic mass is 9.88. The molecule has 3 atom stereocenters. The molecule has 36 heavy (non-hydrogen) atoms. The zero-order valence-electron chi connectivity index (χ0n) is 21.2. The molecule has 0 unspecified atom stereocenters. The Hall–Kier alpha value is -2.56. The molecule has 0 bridgehead atoms. The van der Waals surface area contributed by atoms with Gasteiger partial charge in [0.1, 0.15) is 23.1 Å². The summed E-state index contributed by atoms with van der Waals surface area (Å²) in [5, 5.41) is 9.83. The molecule has 2 heterocycles. The number of nitrogens with zero attached hydrogens (tertiary/aromatic N) is 4. The molecule has 2 aromatic rings. The van der Waals surface area contributed by atoms with Gasteiger partial charge in [-0.2, -0.15) is 4.31 Å². The third-order valence-electron chi connectivity index (χ3n) is 7.35. The summed E-state index contributed by atoms with van der Waals surface area (Å²) in [5.41, 5.74) is 1.46. The molecule has 1 aliphatic carbocycles. The van der Waals surface area contributed by atoms with Crippen LogP contribution in [0.2, 0.25) is 0 Å². The van der Waals surface area contributed by atoms with Gasteiger partial charge in [0, 0.05) is 49.4 Å². The summed E-state index contributed by atoms with van der Waals surface area (Å²) < 4.78 is 35.1. The van der Waals surface area contributed by atoms with Crippen molar-refractivity contribution in [1.82, 2.24) is 19.2 Å². The Morgan fingerprint density at radius 3 is 2.56 bits per heavy atom. The van der Waals surface area contributed by atoms with Crippen LogP contribution in [0.1, 0.15) is 46.0 Å². The number of aromatic nitrogens is 2. The maximum absolute atomic E-state index is 13.7. The fourth-order valence-electron chi connectivity index (χ4n) is 5.09. The van der Waals surface area contributed by atoms with Crippen molar-refractivity contribution in [2.45, 2.75) is 63.0 Å². The molecule has 9 nitrogen and oxygen atoms in total. The van der Waals surface area contributed by atoms with Gasteiger partial charge in [0.2, 0.25) is 15.9 Å². The Balaban J connectivity index is 1.70. The molecule has 4 rings (SSSR count). The molecule has 1 amide bonds. The highest BCUT2D eigenvalue weighted by atomic mass is 32.2. The number of carbonyl (C=O) groups is 1. The van der Waals surface area contributed by atoms with Crippen LogP contribution < -0.4 is 4.74 Å². The van der Waals surface area contributed by atoms with Crippen LogP contribution in [0, 0.1) is 11.8 Å². The van der Waals surface area contributed by atoms with Crippen molar-refractivity contribution in [3.63, 3.8) is 0 Å². The first kappa shape index (κ1) is 26.5. The molecule has 1 saturated carbocycles. The van der Waals surface area contributed by atoms with Crippen molar-refractivity contribution >= 4 is 15.9 Å². The number of likely N-dealkylation sites (N-methyl/N-ethyl adjacent to an activating group) is 1. The second-order valence-corrected chi connectivity index (χ2v) is 11.9. The smallest absolute Gasteiger partial charge is 0.247 e. The van der Waals surface area contributed by atoms with Crippen molar-refractivity contribution in [2.24, 2.45) is 11.8 Å². The van der Waals surface area contributed by atoms with Crippen molar-refractivity contribution in [3.8, 4) is 16.9 Å². The minimum Gasteiger partial charge on any atom is -0.487 e. The molecule has 2 aliphatic rings. The predicted octanol–water partition coefficient (Wildman–Crippen LogP) is 2.95. The molecular formula is C26H36N4O5S. The maximum atomic E-state index is 13.7. The average molecular weight is 517 g/mol. The molecule has 1 aromatic carbocycles. The molecule has 1 fully saturated rings. The number of amides is 1. The average Bonchev–Trinajstić information content (AvgIpc) is 2.90. The normalized spacial score (nSPS) is 23.6. The molecule has 10 heteroatoms. The largest absolute Gasteiger partial charge is 0.487 e. The Labute approximate surface area is 213 Å². The summed E-state index contributed by atoms with van der Waals surface area (Å²) in [6.45, 7) is 3.84. The summed E-state index contributed by atoms with van der Waals surface area (Å²) in [6.07, 6.45) is 9.46. The van der Waals surface area contributed by atoms with Gasteiger partial charge < -0.3 is 14.7 Å². The third-order valence-corrected chi connectivity index (χ3v) is 9.36. The lowest BCUT2D eigenvalue weighted by Gasteiger charge is -2.38. The fourth-order valence-corrected chi connectivity index (χ4v) is 6.92. The fraction of sp³-hybridized carbons (Fsp3) is 0.577. The van der Waals surface area contributed by atoms with E-state index in [0.717, 1.165) is 36.8 Å². The van der Waals surface area contributed by atoms with Gasteiger partial charge in [-0.25, -0.2) is 18.4 Å². The predicted molar refractivity (Wildman–Crippen MR) is 136 cm³/mol. The van der Waals surface area contributed by atoms with Gasteiger partial charge in [-0.15, -0.1) is 0 Å². The second-order valence-electron chi connectivity index (χ2n) is 10.1. The van der Waals surface area contributed by atoms with Crippen molar-refractivity contribution < 1.29 is 23.1 Å². The van der Waals surface area contributed by atoms with E-state index in [2.05, 4.69) is 9.97 Å². The molecule has 0 radical (unpaired) electrons. The zero-order valence-corrected chi connectivity index (χ0v) is 22.0. The number of ether oxygens (including phenoxy) is 1. The van der Waals surface area contributed by atoms with E-state index >= 15 is 0 Å². The highest BCUT2D eigenvalue weighted by molar-refractivity contribution is 7.89. The van der Waals surface area contributed by atoms with Crippen molar-refractivity contribution in [3.05, 3.63) is 36.9 Å². The van der Waals surface area contributed by atoms with Gasteiger partial charge in [0.25, 0.3) is 0 Å². The summed E-state index contributed by atoms with van der Waals surface area (Å²) >= 11 is 0. The van der Waals surface area contributed by atoms with E-state index in [1.807, 2.05) is 6.92 Å². The third kappa shape index (κ3) is 5.55. The number of benzene rings is 1. The first-order valence-electron chi connectivity index (χ1n) is 12.7. The highest BCUT2D eigenvalue weighted by Crippen LogP contribution is 2.36. The monoisotopic (exact) mass is 516 g/mol. The standard InChI is InChI=1S/C26H36N4O5S/c1-18-14-30(19(2)16-31)36(33,34)25-10-9-21(22-12-27-17-28-13-22)11-23(25)35-24(18)15-29(3)26(32)20-7-5-4-6-8-20/h9-13,17-20,24,31H,4-8,14-16H2,1-3H3/t18-,19-,24+/m1/s1. The number of aliphatic hydroxyl groups is 1. The topological polar surface area (TPSA) is 113 Å². The van der Waals surface area contributed by atoms with Gasteiger partial charge >= 0.3 is 0 Å². The quantitative estimate of drug-likeness (QED) is 0.628. The summed E-state index contributed by atoms with van der Waals surface area (Å²) in [5.74, 6) is 0.154. The molecular weight excluding hydrogens is 480 g/mol. The minimum atomic E-state index is -3.93. The Morgan fingerprint density at radius 2 is 1.89 bits per heavy atom. The van der Waals surface area contributed by atoms with E-state index in [0.29, 0.717) is 6.54 Å². The van der Waals surface area contributed by atoms with Gasteiger partial charge in [-0.05, 0) is 37.5 Å². The van der Waals surface area contributed by atoms with E-state index in [9.17, 15) is 18.3 Å². The Bertz CT molecular complexity index is 1150. The molecule has 0 spiro atoms. The van der Waals surface area contributed by atoms with E-state index in [1.165, 1.54) is 23.1 Å². The number of hydrogen-bond acceptors (Lipinski definition) is 7. The van der Waals surface area contributed by atoms with E-state index in [4.69, 9.17) is 4.74 Å². The van der Waals surface area contributed by atoms with E-state index in [-0.39, 0.29) is 41.5 Å². The van der Waals surface area contributed by atoms with Crippen LogP contribution in [-0.2, 0) is 14.8 Å². The number of hydrogen-bond donors (Lipinski definition) is 1. The van der Waals surface area contributed by atoms with Gasteiger partial charge in [0.05, 0.1) is 13.2 Å². The van der Waals surface area contributed by atoms with Gasteiger partial charge in [0.15, 0.2) is 0 Å². The number of sulfonamides is 1. The van der Waals surface area contributed by atoms with Gasteiger partial charge in [-0.3, -0.25) is 4.79 Å². The summed E-state index contributed by atoms with van der Waals surface area (Å²) in [4.78, 5) is 23.1. The van der Waals surface area contributed by atoms with Crippen molar-refractivity contribution in [1.29, 1.82) is 0 Å². The molecule has 1 aromatic heterocycles. The first-order valence-corrected chi connectivity index (χ1v) is 14.1.